The minimum absolute atomic E-state index is 0. The number of benzene rings is 4. The molecule has 2 saturated carbocycles. The van der Waals surface area contributed by atoms with Crippen LogP contribution in [-0.4, -0.2) is 5.43 Å². The Bertz CT molecular complexity index is 2070. The average molecular weight is 907 g/mol. The average Bonchev–Trinajstić information content (AvgIpc) is 3.94. The summed E-state index contributed by atoms with van der Waals surface area (Å²) in [5.74, 6) is 0. The van der Waals surface area contributed by atoms with Gasteiger partial charge in [0.05, 0.1) is 0 Å². The van der Waals surface area contributed by atoms with Crippen molar-refractivity contribution in [1.82, 2.24) is 0 Å². The van der Waals surface area contributed by atoms with Crippen molar-refractivity contribution in [1.29, 1.82) is 0 Å². The van der Waals surface area contributed by atoms with Gasteiger partial charge < -0.3 is 24.8 Å². The van der Waals surface area contributed by atoms with Gasteiger partial charge in [0.2, 0.25) is 0 Å². The van der Waals surface area contributed by atoms with Gasteiger partial charge in [-0.15, -0.1) is 69.1 Å². The summed E-state index contributed by atoms with van der Waals surface area (Å²) >= 11 is 1.74. The zero-order chi connectivity index (χ0) is 40.3. The third-order valence-electron chi connectivity index (χ3n) is 12.6. The van der Waals surface area contributed by atoms with Crippen molar-refractivity contribution < 1.29 is 48.1 Å². The van der Waals surface area contributed by atoms with Gasteiger partial charge >= 0.3 is 41.9 Å². The van der Waals surface area contributed by atoms with E-state index in [-0.39, 0.29) is 41.1 Å². The molecule has 2 aliphatic carbocycles. The van der Waals surface area contributed by atoms with E-state index < -0.39 is 0 Å². The first kappa shape index (κ1) is 48.4. The number of hydrogen-bond acceptors (Lipinski definition) is 0. The molecule has 0 radical (unpaired) electrons. The van der Waals surface area contributed by atoms with E-state index in [1.165, 1.54) is 130 Å². The van der Waals surface area contributed by atoms with Crippen molar-refractivity contribution in [2.24, 2.45) is 10.8 Å². The Morgan fingerprint density at radius 3 is 1.14 bits per heavy atom. The van der Waals surface area contributed by atoms with Crippen molar-refractivity contribution in [3.05, 3.63) is 131 Å². The molecule has 0 amide bonds. The molecule has 8 rings (SSSR count). The van der Waals surface area contributed by atoms with E-state index in [1.54, 1.807) is 23.3 Å². The molecular weight excluding hydrogens is 839 g/mol. The molecule has 0 heterocycles. The molecule has 58 heavy (non-hydrogen) atoms. The molecule has 0 aliphatic heterocycles. The monoisotopic (exact) mass is 904 g/mol. The fourth-order valence-electron chi connectivity index (χ4n) is 9.40. The van der Waals surface area contributed by atoms with Crippen molar-refractivity contribution in [3.63, 3.8) is 0 Å². The largest absolute Gasteiger partial charge is 1.00 e. The van der Waals surface area contributed by atoms with E-state index in [0.29, 0.717) is 10.8 Å². The molecule has 4 heteroatoms. The summed E-state index contributed by atoms with van der Waals surface area (Å²) in [6.07, 6.45) is 13.6. The van der Waals surface area contributed by atoms with Gasteiger partial charge in [0.25, 0.3) is 0 Å². The summed E-state index contributed by atoms with van der Waals surface area (Å²) in [5, 5.41) is 5.60. The number of rotatable bonds is 6. The van der Waals surface area contributed by atoms with E-state index in [9.17, 15) is 0 Å². The van der Waals surface area contributed by atoms with Crippen LogP contribution in [0.1, 0.15) is 129 Å². The molecule has 2 fully saturated rings. The van der Waals surface area contributed by atoms with Gasteiger partial charge in [0.1, 0.15) is 0 Å². The molecular formula is C54H68Cl2SiZr-2. The Hall–Kier alpha value is -2.22. The second-order valence-electron chi connectivity index (χ2n) is 20.4. The number of hydrogen-bond donors (Lipinski definition) is 0. The Morgan fingerprint density at radius 2 is 0.845 bits per heavy atom. The van der Waals surface area contributed by atoms with Gasteiger partial charge in [-0.25, -0.2) is 0 Å². The van der Waals surface area contributed by atoms with Crippen LogP contribution in [0.4, 0.5) is 0 Å². The molecule has 0 saturated heterocycles. The van der Waals surface area contributed by atoms with Crippen molar-refractivity contribution in [2.45, 2.75) is 144 Å². The molecule has 2 aliphatic rings. The van der Waals surface area contributed by atoms with Crippen LogP contribution in [0.5, 0.6) is 0 Å². The summed E-state index contributed by atoms with van der Waals surface area (Å²) in [7, 11) is 0. The fraction of sp³-hybridized carbons (Fsp3) is 0.444. The first-order chi connectivity index (χ1) is 26.4. The number of fused-ring (bicyclic) bond motifs is 2. The molecule has 0 bridgehead atoms. The van der Waals surface area contributed by atoms with Crippen molar-refractivity contribution in [3.8, 4) is 22.3 Å². The predicted molar refractivity (Wildman–Crippen MR) is 245 cm³/mol. The molecule has 0 unspecified atom stereocenters. The van der Waals surface area contributed by atoms with E-state index in [4.69, 9.17) is 0 Å². The quantitative estimate of drug-likeness (QED) is 0.115. The molecule has 6 aromatic carbocycles. The van der Waals surface area contributed by atoms with Crippen LogP contribution in [0.3, 0.4) is 0 Å². The van der Waals surface area contributed by atoms with E-state index >= 15 is 0 Å². The molecule has 0 spiro atoms. The van der Waals surface area contributed by atoms with E-state index in [0.717, 1.165) is 0 Å². The molecule has 0 atom stereocenters. The van der Waals surface area contributed by atoms with Crippen LogP contribution in [0.15, 0.2) is 109 Å². The van der Waals surface area contributed by atoms with Crippen LogP contribution in [0.2, 0.25) is 13.1 Å². The molecule has 6 aromatic rings. The van der Waals surface area contributed by atoms with Gasteiger partial charge in [0.15, 0.2) is 0 Å². The number of halogens is 2. The maximum absolute atomic E-state index is 2.48. The Balaban J connectivity index is 0.000000228. The molecule has 0 aromatic heterocycles. The Labute approximate surface area is 380 Å². The third kappa shape index (κ3) is 12.4. The van der Waals surface area contributed by atoms with E-state index in [2.05, 4.69) is 178 Å². The molecule has 308 valence electrons. The van der Waals surface area contributed by atoms with Crippen LogP contribution < -0.4 is 24.8 Å². The predicted octanol–water partition coefficient (Wildman–Crippen LogP) is 10.1. The Kier molecular flexibility index (Phi) is 16.8. The second kappa shape index (κ2) is 20.1. The third-order valence-corrected chi connectivity index (χ3v) is 12.6. The standard InChI is InChI=1S/2C26H31.C2H6Si.2ClH.Zr/c2*1-25(2,3)22-12-10-20(11-13-22)23-9-7-8-21-16-19(17-24(21)23)18-26(4)14-5-6-15-26;1-3-2;;;/h2*7-13,16-17H,5-6,14-15,18H2,1-4H3;1-2H3;2*1H;/q2*-1;;;;+2/p-2. The van der Waals surface area contributed by atoms with Gasteiger partial charge in [-0.05, 0) is 82.4 Å². The van der Waals surface area contributed by atoms with Crippen LogP contribution >= 0.6 is 0 Å². The van der Waals surface area contributed by atoms with E-state index in [1.807, 2.05) is 0 Å². The zero-order valence-corrected chi connectivity index (χ0v) is 42.2. The van der Waals surface area contributed by atoms with Crippen molar-refractivity contribution in [2.75, 3.05) is 0 Å². The summed E-state index contributed by atoms with van der Waals surface area (Å²) in [5.41, 5.74) is 12.9. The maximum Gasteiger partial charge on any atom is -1.00 e. The summed E-state index contributed by atoms with van der Waals surface area (Å²) in [6.45, 7) is 23.2. The molecule has 0 nitrogen and oxygen atoms in total. The van der Waals surface area contributed by atoms with Gasteiger partial charge in [-0.2, -0.15) is 12.1 Å². The smallest absolute Gasteiger partial charge is 1.00 e. The topological polar surface area (TPSA) is 0 Å². The zero-order valence-electron chi connectivity index (χ0n) is 37.2. The van der Waals surface area contributed by atoms with Gasteiger partial charge in [-0.1, -0.05) is 153 Å². The SMILES string of the molecule is CC1(Cc2cc3c(-c4ccc(C(C)(C)C)cc4)cccc3[cH-]2)CCCC1.CC1(Cc2cc3c(-c4ccc(C(C)(C)C)cc4)cccc3[cH-]2)CCCC1.C[Si](C)=[Zr+2].[Cl-].[Cl-]. The normalized spacial score (nSPS) is 15.8. The Morgan fingerprint density at radius 1 is 0.534 bits per heavy atom. The van der Waals surface area contributed by atoms with Crippen LogP contribution in [-0.2, 0) is 47.0 Å². The van der Waals surface area contributed by atoms with Crippen LogP contribution in [0, 0.1) is 10.8 Å². The molecule has 0 N–H and O–H groups in total. The second-order valence-corrected chi connectivity index (χ2v) is 29.8. The minimum Gasteiger partial charge on any atom is -1.00 e. The summed E-state index contributed by atoms with van der Waals surface area (Å²) in [6, 6.07) is 41.6. The van der Waals surface area contributed by atoms with Crippen molar-refractivity contribution >= 4 is 27.0 Å². The summed E-state index contributed by atoms with van der Waals surface area (Å²) in [4.78, 5) is 0. The first-order valence-corrected chi connectivity index (χ1v) is 27.7. The maximum atomic E-state index is 2.48. The van der Waals surface area contributed by atoms with Gasteiger partial charge in [-0.3, -0.25) is 0 Å². The van der Waals surface area contributed by atoms with Gasteiger partial charge in [0, 0.05) is 0 Å². The first-order valence-electron chi connectivity index (χ1n) is 21.5. The van der Waals surface area contributed by atoms with Crippen LogP contribution in [0.25, 0.3) is 43.8 Å². The fourth-order valence-corrected chi connectivity index (χ4v) is 9.40. The summed E-state index contributed by atoms with van der Waals surface area (Å²) < 4.78 is 0. The minimum atomic E-state index is 0.